The molecule has 1 aliphatic rings. The summed E-state index contributed by atoms with van der Waals surface area (Å²) >= 11 is 6.34. The van der Waals surface area contributed by atoms with Crippen molar-refractivity contribution < 1.29 is 9.47 Å². The summed E-state index contributed by atoms with van der Waals surface area (Å²) in [4.78, 5) is 0. The molecule has 0 aromatic heterocycles. The fourth-order valence-corrected chi connectivity index (χ4v) is 3.60. The van der Waals surface area contributed by atoms with Gasteiger partial charge in [0.1, 0.15) is 0 Å². The van der Waals surface area contributed by atoms with Crippen molar-refractivity contribution in [2.24, 2.45) is 5.92 Å². The first-order valence-corrected chi connectivity index (χ1v) is 8.22. The second-order valence-corrected chi connectivity index (χ2v) is 6.14. The predicted molar refractivity (Wildman–Crippen MR) is 87.5 cm³/mol. The quantitative estimate of drug-likeness (QED) is 0.799. The normalized spacial score (nSPS) is 17.0. The molecular formula is C17H26ClNO2. The first-order valence-electron chi connectivity index (χ1n) is 7.84. The van der Waals surface area contributed by atoms with Gasteiger partial charge in [-0.15, -0.1) is 0 Å². The lowest BCUT2D eigenvalue weighted by molar-refractivity contribution is 0.352. The fourth-order valence-electron chi connectivity index (χ4n) is 3.30. The Bertz CT molecular complexity index is 458. The molecule has 0 heterocycles. The minimum atomic E-state index is 0.329. The van der Waals surface area contributed by atoms with Gasteiger partial charge in [-0.25, -0.2) is 0 Å². The van der Waals surface area contributed by atoms with Crippen molar-refractivity contribution in [3.8, 4) is 11.5 Å². The van der Waals surface area contributed by atoms with Gasteiger partial charge in [0.2, 0.25) is 0 Å². The van der Waals surface area contributed by atoms with Crippen LogP contribution in [0.4, 0.5) is 0 Å². The van der Waals surface area contributed by atoms with Crippen LogP contribution in [0, 0.1) is 5.92 Å². The van der Waals surface area contributed by atoms with Crippen LogP contribution in [0.2, 0.25) is 5.02 Å². The van der Waals surface area contributed by atoms with Crippen LogP contribution in [0.15, 0.2) is 12.1 Å². The zero-order valence-corrected chi connectivity index (χ0v) is 14.0. The molecule has 0 bridgehead atoms. The van der Waals surface area contributed by atoms with Gasteiger partial charge in [0.25, 0.3) is 0 Å². The zero-order valence-electron chi connectivity index (χ0n) is 13.2. The summed E-state index contributed by atoms with van der Waals surface area (Å²) in [5.41, 5.74) is 1.19. The largest absolute Gasteiger partial charge is 0.493 e. The van der Waals surface area contributed by atoms with Crippen molar-refractivity contribution in [2.45, 2.75) is 45.1 Å². The van der Waals surface area contributed by atoms with Crippen molar-refractivity contribution in [1.82, 2.24) is 5.32 Å². The highest BCUT2D eigenvalue weighted by Crippen LogP contribution is 2.40. The van der Waals surface area contributed by atoms with Crippen LogP contribution >= 0.6 is 11.6 Å². The molecular weight excluding hydrogens is 286 g/mol. The van der Waals surface area contributed by atoms with E-state index in [9.17, 15) is 0 Å². The van der Waals surface area contributed by atoms with E-state index >= 15 is 0 Å². The van der Waals surface area contributed by atoms with Crippen molar-refractivity contribution in [3.05, 3.63) is 22.7 Å². The third kappa shape index (κ3) is 4.04. The number of ether oxygens (including phenoxy) is 2. The van der Waals surface area contributed by atoms with E-state index in [4.69, 9.17) is 21.1 Å². The summed E-state index contributed by atoms with van der Waals surface area (Å²) in [6, 6.07) is 4.38. The van der Waals surface area contributed by atoms with Gasteiger partial charge in [0.15, 0.2) is 11.5 Å². The van der Waals surface area contributed by atoms with Gasteiger partial charge in [-0.3, -0.25) is 0 Å². The van der Waals surface area contributed by atoms with E-state index in [0.717, 1.165) is 12.5 Å². The number of nitrogens with one attached hydrogen (secondary N) is 1. The Kier molecular flexibility index (Phi) is 6.19. The average Bonchev–Trinajstić information content (AvgIpc) is 2.99. The molecule has 4 heteroatoms. The maximum Gasteiger partial charge on any atom is 0.179 e. The minimum Gasteiger partial charge on any atom is -0.493 e. The molecule has 1 saturated carbocycles. The standard InChI is InChI=1S/C17H26ClNO2/c1-4-19-15(9-12-7-5-6-8-12)13-10-14(18)17(21-3)16(11-13)20-2/h10-12,15,19H,4-9H2,1-3H3. The number of halogens is 1. The van der Waals surface area contributed by atoms with Crippen LogP contribution < -0.4 is 14.8 Å². The van der Waals surface area contributed by atoms with Crippen LogP contribution in [0.1, 0.15) is 50.6 Å². The molecule has 0 aliphatic heterocycles. The maximum absolute atomic E-state index is 6.34. The number of methoxy groups -OCH3 is 2. The Morgan fingerprint density at radius 1 is 1.24 bits per heavy atom. The minimum absolute atomic E-state index is 0.329. The molecule has 1 fully saturated rings. The van der Waals surface area contributed by atoms with E-state index in [1.54, 1.807) is 14.2 Å². The summed E-state index contributed by atoms with van der Waals surface area (Å²) in [5, 5.41) is 4.20. The Labute approximate surface area is 133 Å². The molecule has 0 saturated heterocycles. The maximum atomic E-state index is 6.34. The average molecular weight is 312 g/mol. The Balaban J connectivity index is 2.24. The van der Waals surface area contributed by atoms with Crippen LogP contribution in [0.25, 0.3) is 0 Å². The van der Waals surface area contributed by atoms with E-state index in [1.807, 2.05) is 12.1 Å². The van der Waals surface area contributed by atoms with Gasteiger partial charge in [0, 0.05) is 6.04 Å². The van der Waals surface area contributed by atoms with Gasteiger partial charge in [-0.1, -0.05) is 44.2 Å². The van der Waals surface area contributed by atoms with Crippen molar-refractivity contribution in [1.29, 1.82) is 0 Å². The zero-order chi connectivity index (χ0) is 15.2. The molecule has 1 atom stereocenters. The lowest BCUT2D eigenvalue weighted by Crippen LogP contribution is -2.23. The topological polar surface area (TPSA) is 30.5 Å². The second kappa shape index (κ2) is 7.90. The first kappa shape index (κ1) is 16.4. The molecule has 3 nitrogen and oxygen atoms in total. The van der Waals surface area contributed by atoms with E-state index in [2.05, 4.69) is 12.2 Å². The molecule has 0 radical (unpaired) electrons. The summed E-state index contributed by atoms with van der Waals surface area (Å²) < 4.78 is 10.7. The third-order valence-electron chi connectivity index (χ3n) is 4.35. The third-order valence-corrected chi connectivity index (χ3v) is 4.63. The van der Waals surface area contributed by atoms with E-state index in [-0.39, 0.29) is 0 Å². The first-order chi connectivity index (χ1) is 10.2. The van der Waals surface area contributed by atoms with E-state index in [0.29, 0.717) is 22.6 Å². The van der Waals surface area contributed by atoms with Crippen LogP contribution in [-0.4, -0.2) is 20.8 Å². The fraction of sp³-hybridized carbons (Fsp3) is 0.647. The van der Waals surface area contributed by atoms with Crippen LogP contribution in [-0.2, 0) is 0 Å². The Morgan fingerprint density at radius 2 is 1.95 bits per heavy atom. The number of hydrogen-bond donors (Lipinski definition) is 1. The molecule has 1 N–H and O–H groups in total. The SMILES string of the molecule is CCNC(CC1CCCC1)c1cc(Cl)c(OC)c(OC)c1. The lowest BCUT2D eigenvalue weighted by atomic mass is 9.93. The van der Waals surface area contributed by atoms with Gasteiger partial charge in [-0.05, 0) is 36.6 Å². The molecule has 118 valence electrons. The monoisotopic (exact) mass is 311 g/mol. The van der Waals surface area contributed by atoms with Gasteiger partial charge in [0.05, 0.1) is 19.2 Å². The molecule has 21 heavy (non-hydrogen) atoms. The highest BCUT2D eigenvalue weighted by Gasteiger charge is 2.22. The van der Waals surface area contributed by atoms with Gasteiger partial charge in [-0.2, -0.15) is 0 Å². The molecule has 1 unspecified atom stereocenters. The number of benzene rings is 1. The summed E-state index contributed by atoms with van der Waals surface area (Å²) in [7, 11) is 3.26. The summed E-state index contributed by atoms with van der Waals surface area (Å²) in [5.74, 6) is 2.13. The smallest absolute Gasteiger partial charge is 0.179 e. The van der Waals surface area contributed by atoms with Crippen molar-refractivity contribution >= 4 is 11.6 Å². The van der Waals surface area contributed by atoms with Gasteiger partial charge < -0.3 is 14.8 Å². The lowest BCUT2D eigenvalue weighted by Gasteiger charge is -2.23. The van der Waals surface area contributed by atoms with Crippen LogP contribution in [0.3, 0.4) is 0 Å². The predicted octanol–water partition coefficient (Wildman–Crippen LogP) is 4.59. The molecule has 1 aromatic carbocycles. The molecule has 1 aliphatic carbocycles. The van der Waals surface area contributed by atoms with E-state index in [1.165, 1.54) is 37.7 Å². The van der Waals surface area contributed by atoms with Crippen molar-refractivity contribution in [3.63, 3.8) is 0 Å². The Hall–Kier alpha value is -0.930. The summed E-state index contributed by atoms with van der Waals surface area (Å²) in [6.07, 6.45) is 6.61. The molecule has 0 amide bonds. The molecule has 2 rings (SSSR count). The number of rotatable bonds is 7. The Morgan fingerprint density at radius 3 is 2.52 bits per heavy atom. The molecule has 0 spiro atoms. The van der Waals surface area contributed by atoms with E-state index < -0.39 is 0 Å². The molecule has 1 aromatic rings. The highest BCUT2D eigenvalue weighted by atomic mass is 35.5. The highest BCUT2D eigenvalue weighted by molar-refractivity contribution is 6.32. The number of hydrogen-bond acceptors (Lipinski definition) is 3. The van der Waals surface area contributed by atoms with Gasteiger partial charge >= 0.3 is 0 Å². The second-order valence-electron chi connectivity index (χ2n) is 5.73. The van der Waals surface area contributed by atoms with Crippen LogP contribution in [0.5, 0.6) is 11.5 Å². The van der Waals surface area contributed by atoms with Crippen molar-refractivity contribution in [2.75, 3.05) is 20.8 Å². The summed E-state index contributed by atoms with van der Waals surface area (Å²) in [6.45, 7) is 3.09.